The van der Waals surface area contributed by atoms with Crippen LogP contribution in [-0.4, -0.2) is 54.1 Å². The number of nitrogens with zero attached hydrogens (tertiary/aromatic N) is 4. The second kappa shape index (κ2) is 13.3. The predicted molar refractivity (Wildman–Crippen MR) is 117 cm³/mol. The number of benzene rings is 1. The first-order chi connectivity index (χ1) is 12.7. The number of hydrogen-bond donors (Lipinski definition) is 2. The van der Waals surface area contributed by atoms with Crippen molar-refractivity contribution < 1.29 is 9.47 Å². The number of guanidine groups is 1. The highest BCUT2D eigenvalue weighted by Gasteiger charge is 2.05. The van der Waals surface area contributed by atoms with Gasteiger partial charge in [0.15, 0.2) is 11.8 Å². The van der Waals surface area contributed by atoms with Crippen LogP contribution in [0.15, 0.2) is 35.3 Å². The van der Waals surface area contributed by atoms with Crippen LogP contribution in [0.1, 0.15) is 18.1 Å². The molecule has 2 aromatic rings. The van der Waals surface area contributed by atoms with E-state index < -0.39 is 0 Å². The van der Waals surface area contributed by atoms with Gasteiger partial charge in [-0.2, -0.15) is 0 Å². The number of aliphatic imine (C=N–C) groups is 1. The van der Waals surface area contributed by atoms with E-state index in [1.807, 2.05) is 48.9 Å². The summed E-state index contributed by atoms with van der Waals surface area (Å²) in [6, 6.07) is 9.75. The summed E-state index contributed by atoms with van der Waals surface area (Å²) >= 11 is 0. The van der Waals surface area contributed by atoms with Crippen molar-refractivity contribution in [1.29, 1.82) is 0 Å². The summed E-state index contributed by atoms with van der Waals surface area (Å²) in [5, 5.41) is 14.8. The monoisotopic (exact) mass is 488 g/mol. The average molecular weight is 488 g/mol. The van der Waals surface area contributed by atoms with Crippen molar-refractivity contribution >= 4 is 29.9 Å². The highest BCUT2D eigenvalue weighted by atomic mass is 127. The zero-order valence-corrected chi connectivity index (χ0v) is 18.5. The van der Waals surface area contributed by atoms with Crippen molar-refractivity contribution in [3.05, 3.63) is 42.0 Å². The molecule has 27 heavy (non-hydrogen) atoms. The molecule has 0 amide bonds. The van der Waals surface area contributed by atoms with Crippen LogP contribution < -0.4 is 15.4 Å². The maximum atomic E-state index is 5.69. The van der Waals surface area contributed by atoms with Gasteiger partial charge in [0.1, 0.15) is 24.7 Å². The van der Waals surface area contributed by atoms with E-state index in [0.717, 1.165) is 36.3 Å². The third-order valence-corrected chi connectivity index (χ3v) is 3.79. The molecule has 150 valence electrons. The molecule has 0 aliphatic carbocycles. The molecule has 1 aromatic heterocycles. The fraction of sp³-hybridized carbons (Fsp3) is 0.500. The van der Waals surface area contributed by atoms with E-state index in [2.05, 4.69) is 25.8 Å². The molecule has 1 aromatic carbocycles. The summed E-state index contributed by atoms with van der Waals surface area (Å²) in [6.07, 6.45) is 0.904. The van der Waals surface area contributed by atoms with Crippen molar-refractivity contribution in [3.8, 4) is 5.75 Å². The Kier molecular flexibility index (Phi) is 11.4. The molecule has 9 heteroatoms. The van der Waals surface area contributed by atoms with Crippen molar-refractivity contribution in [2.75, 3.05) is 33.4 Å². The lowest BCUT2D eigenvalue weighted by molar-refractivity contribution is 0.195. The van der Waals surface area contributed by atoms with Gasteiger partial charge >= 0.3 is 0 Å². The maximum absolute atomic E-state index is 5.69. The van der Waals surface area contributed by atoms with Gasteiger partial charge in [-0.05, 0) is 25.5 Å². The van der Waals surface area contributed by atoms with Crippen molar-refractivity contribution in [2.24, 2.45) is 12.0 Å². The quantitative estimate of drug-likeness (QED) is 0.230. The topological polar surface area (TPSA) is 85.6 Å². The molecular weight excluding hydrogens is 459 g/mol. The van der Waals surface area contributed by atoms with Gasteiger partial charge in [-0.25, -0.2) is 4.99 Å². The smallest absolute Gasteiger partial charge is 0.191 e. The number of nitrogens with one attached hydrogen (secondary N) is 2. The maximum Gasteiger partial charge on any atom is 0.191 e. The fourth-order valence-electron chi connectivity index (χ4n) is 2.19. The Hall–Kier alpha value is -1.88. The minimum Gasteiger partial charge on any atom is -0.492 e. The summed E-state index contributed by atoms with van der Waals surface area (Å²) in [7, 11) is 3.64. The number of para-hydroxylation sites is 1. The van der Waals surface area contributed by atoms with Gasteiger partial charge < -0.3 is 24.7 Å². The van der Waals surface area contributed by atoms with E-state index in [0.29, 0.717) is 26.3 Å². The van der Waals surface area contributed by atoms with Crippen LogP contribution in [0.2, 0.25) is 0 Å². The van der Waals surface area contributed by atoms with Crippen molar-refractivity contribution in [2.45, 2.75) is 19.9 Å². The largest absolute Gasteiger partial charge is 0.492 e. The Morgan fingerprint density at radius 1 is 1.11 bits per heavy atom. The number of halogens is 1. The summed E-state index contributed by atoms with van der Waals surface area (Å²) in [4.78, 5) is 4.59. The lowest BCUT2D eigenvalue weighted by Gasteiger charge is -2.13. The molecule has 0 fully saturated rings. The standard InChI is InChI=1S/C18H28N6O2.HI/c1-15-22-23-17(24(15)2)14-21-18(19-10-7-12-25-3)20-11-13-26-16-8-5-4-6-9-16;/h4-6,8-9H,7,10-14H2,1-3H3,(H2,19,20,21);1H. The van der Waals surface area contributed by atoms with E-state index in [4.69, 9.17) is 9.47 Å². The van der Waals surface area contributed by atoms with Crippen LogP contribution in [0.4, 0.5) is 0 Å². The number of aromatic nitrogens is 3. The normalized spacial score (nSPS) is 11.0. The van der Waals surface area contributed by atoms with E-state index in [1.54, 1.807) is 7.11 Å². The van der Waals surface area contributed by atoms with Gasteiger partial charge in [-0.3, -0.25) is 0 Å². The molecule has 0 atom stereocenters. The number of ether oxygens (including phenoxy) is 2. The summed E-state index contributed by atoms with van der Waals surface area (Å²) < 4.78 is 12.7. The van der Waals surface area contributed by atoms with E-state index >= 15 is 0 Å². The number of methoxy groups -OCH3 is 1. The SMILES string of the molecule is COCCCNC(=NCc1nnc(C)n1C)NCCOc1ccccc1.I. The molecule has 0 saturated heterocycles. The van der Waals surface area contributed by atoms with Crippen molar-refractivity contribution in [1.82, 2.24) is 25.4 Å². The van der Waals surface area contributed by atoms with Gasteiger partial charge in [0, 0.05) is 27.3 Å². The van der Waals surface area contributed by atoms with Gasteiger partial charge in [0.05, 0.1) is 6.54 Å². The summed E-state index contributed by atoms with van der Waals surface area (Å²) in [5.41, 5.74) is 0. The molecule has 0 aliphatic heterocycles. The van der Waals surface area contributed by atoms with Gasteiger partial charge in [-0.1, -0.05) is 18.2 Å². The summed E-state index contributed by atoms with van der Waals surface area (Å²) in [6.45, 7) is 5.05. The molecule has 1 heterocycles. The molecule has 0 saturated carbocycles. The van der Waals surface area contributed by atoms with Crippen LogP contribution in [0.3, 0.4) is 0 Å². The molecule has 8 nitrogen and oxygen atoms in total. The zero-order chi connectivity index (χ0) is 18.6. The van der Waals surface area contributed by atoms with E-state index in [9.17, 15) is 0 Å². The number of hydrogen-bond acceptors (Lipinski definition) is 5. The minimum atomic E-state index is 0. The third-order valence-electron chi connectivity index (χ3n) is 3.79. The van der Waals surface area contributed by atoms with Crippen LogP contribution in [0.25, 0.3) is 0 Å². The van der Waals surface area contributed by atoms with Crippen LogP contribution >= 0.6 is 24.0 Å². The molecule has 0 spiro atoms. The van der Waals surface area contributed by atoms with E-state index in [1.165, 1.54) is 0 Å². The summed E-state index contributed by atoms with van der Waals surface area (Å²) in [5.74, 6) is 3.27. The van der Waals surface area contributed by atoms with Gasteiger partial charge in [0.2, 0.25) is 0 Å². The van der Waals surface area contributed by atoms with Crippen molar-refractivity contribution in [3.63, 3.8) is 0 Å². The molecule has 0 aliphatic rings. The highest BCUT2D eigenvalue weighted by molar-refractivity contribution is 14.0. The first kappa shape index (κ1) is 23.2. The van der Waals surface area contributed by atoms with Crippen LogP contribution in [0, 0.1) is 6.92 Å². The Morgan fingerprint density at radius 2 is 1.85 bits per heavy atom. The Bertz CT molecular complexity index is 678. The number of aryl methyl sites for hydroxylation is 1. The van der Waals surface area contributed by atoms with Gasteiger partial charge in [-0.15, -0.1) is 34.2 Å². The lowest BCUT2D eigenvalue weighted by atomic mass is 10.3. The van der Waals surface area contributed by atoms with E-state index in [-0.39, 0.29) is 24.0 Å². The second-order valence-corrected chi connectivity index (χ2v) is 5.75. The van der Waals surface area contributed by atoms with Crippen LogP contribution in [0.5, 0.6) is 5.75 Å². The number of rotatable bonds is 10. The Labute approximate surface area is 177 Å². The third kappa shape index (κ3) is 8.57. The molecule has 0 radical (unpaired) electrons. The molecule has 2 N–H and O–H groups in total. The van der Waals surface area contributed by atoms with Crippen LogP contribution in [-0.2, 0) is 18.3 Å². The predicted octanol–water partition coefficient (Wildman–Crippen LogP) is 1.89. The second-order valence-electron chi connectivity index (χ2n) is 5.75. The minimum absolute atomic E-state index is 0. The molecular formula is C18H29IN6O2. The first-order valence-electron chi connectivity index (χ1n) is 8.74. The Balaban J connectivity index is 0.00000364. The fourth-order valence-corrected chi connectivity index (χ4v) is 2.19. The average Bonchev–Trinajstić information content (AvgIpc) is 2.98. The first-order valence-corrected chi connectivity index (χ1v) is 8.74. The zero-order valence-electron chi connectivity index (χ0n) is 16.1. The highest BCUT2D eigenvalue weighted by Crippen LogP contribution is 2.07. The molecule has 0 bridgehead atoms. The Morgan fingerprint density at radius 3 is 2.52 bits per heavy atom. The molecule has 2 rings (SSSR count). The lowest BCUT2D eigenvalue weighted by Crippen LogP contribution is -2.40. The van der Waals surface area contributed by atoms with Gasteiger partial charge in [0.25, 0.3) is 0 Å². The molecule has 0 unspecified atom stereocenters.